The molecule has 0 aromatic rings. The topological polar surface area (TPSA) is 15.3 Å². The van der Waals surface area contributed by atoms with Gasteiger partial charge in [-0.1, -0.05) is 19.8 Å². The molecule has 2 heteroatoms. The third kappa shape index (κ3) is 3.76. The highest BCUT2D eigenvalue weighted by molar-refractivity contribution is 4.86. The van der Waals surface area contributed by atoms with Crippen LogP contribution in [0.25, 0.3) is 0 Å². The molecule has 1 heterocycles. The molecule has 0 spiro atoms. The van der Waals surface area contributed by atoms with E-state index < -0.39 is 0 Å². The fraction of sp³-hybridized carbons (Fsp3) is 1.00. The highest BCUT2D eigenvalue weighted by atomic mass is 15.2. The molecular weight excluding hydrogens is 184 g/mol. The fourth-order valence-electron chi connectivity index (χ4n) is 2.58. The third-order valence-corrected chi connectivity index (χ3v) is 3.77. The van der Waals surface area contributed by atoms with Crippen LogP contribution in [-0.2, 0) is 0 Å². The van der Waals surface area contributed by atoms with Crippen molar-refractivity contribution < 1.29 is 0 Å². The Morgan fingerprint density at radius 1 is 1.20 bits per heavy atom. The molecule has 0 amide bonds. The van der Waals surface area contributed by atoms with Crippen LogP contribution >= 0.6 is 0 Å². The van der Waals surface area contributed by atoms with Gasteiger partial charge in [-0.2, -0.15) is 0 Å². The molecule has 0 aromatic heterocycles. The van der Waals surface area contributed by atoms with Gasteiger partial charge < -0.3 is 5.32 Å². The van der Waals surface area contributed by atoms with E-state index in [1.165, 1.54) is 64.6 Å². The number of unbranched alkanes of at least 4 members (excludes halogenated alkanes) is 2. The van der Waals surface area contributed by atoms with E-state index in [-0.39, 0.29) is 0 Å². The molecule has 2 nitrogen and oxygen atoms in total. The number of nitrogens with one attached hydrogen (secondary N) is 1. The van der Waals surface area contributed by atoms with Crippen molar-refractivity contribution in [2.75, 3.05) is 19.6 Å². The second-order valence-corrected chi connectivity index (χ2v) is 5.22. The summed E-state index contributed by atoms with van der Waals surface area (Å²) in [7, 11) is 0. The van der Waals surface area contributed by atoms with E-state index in [1.807, 2.05) is 0 Å². The average molecular weight is 210 g/mol. The molecule has 1 saturated carbocycles. The molecule has 1 aliphatic carbocycles. The van der Waals surface area contributed by atoms with Gasteiger partial charge >= 0.3 is 0 Å². The molecular formula is C13H26N2. The first-order chi connectivity index (χ1) is 7.40. The van der Waals surface area contributed by atoms with Crippen LogP contribution in [0.2, 0.25) is 0 Å². The minimum absolute atomic E-state index is 0.849. The monoisotopic (exact) mass is 210 g/mol. The first-order valence-corrected chi connectivity index (χ1v) is 6.87. The van der Waals surface area contributed by atoms with E-state index >= 15 is 0 Å². The summed E-state index contributed by atoms with van der Waals surface area (Å²) in [5.74, 6) is 0. The lowest BCUT2D eigenvalue weighted by atomic mass is 10.2. The van der Waals surface area contributed by atoms with E-state index in [9.17, 15) is 0 Å². The molecule has 0 aromatic carbocycles. The van der Waals surface area contributed by atoms with Crippen molar-refractivity contribution in [2.24, 2.45) is 0 Å². The van der Waals surface area contributed by atoms with Gasteiger partial charge in [-0.15, -0.1) is 0 Å². The highest BCUT2D eigenvalue weighted by Crippen LogP contribution is 2.21. The van der Waals surface area contributed by atoms with Crippen LogP contribution in [0, 0.1) is 0 Å². The van der Waals surface area contributed by atoms with E-state index in [0.29, 0.717) is 0 Å². The molecule has 2 fully saturated rings. The Kier molecular flexibility index (Phi) is 4.45. The smallest absolute Gasteiger partial charge is 0.0221 e. The Bertz CT molecular complexity index is 177. The van der Waals surface area contributed by atoms with Crippen LogP contribution < -0.4 is 5.32 Å². The minimum atomic E-state index is 0.849. The van der Waals surface area contributed by atoms with Crippen LogP contribution in [0.3, 0.4) is 0 Å². The maximum Gasteiger partial charge on any atom is 0.0221 e. The SMILES string of the molecule is CCCCCN1CCCC1CNC1CC1. The number of hydrogen-bond donors (Lipinski definition) is 1. The van der Waals surface area contributed by atoms with Crippen molar-refractivity contribution in [3.05, 3.63) is 0 Å². The van der Waals surface area contributed by atoms with Crippen LogP contribution in [0.15, 0.2) is 0 Å². The second-order valence-electron chi connectivity index (χ2n) is 5.22. The first-order valence-electron chi connectivity index (χ1n) is 6.87. The number of hydrogen-bond acceptors (Lipinski definition) is 2. The lowest BCUT2D eigenvalue weighted by Gasteiger charge is -2.24. The lowest BCUT2D eigenvalue weighted by molar-refractivity contribution is 0.242. The maximum absolute atomic E-state index is 3.68. The maximum atomic E-state index is 3.68. The summed E-state index contributed by atoms with van der Waals surface area (Å²) >= 11 is 0. The number of rotatable bonds is 7. The Labute approximate surface area is 94.4 Å². The van der Waals surface area contributed by atoms with E-state index in [1.54, 1.807) is 0 Å². The van der Waals surface area contributed by atoms with E-state index in [0.717, 1.165) is 12.1 Å². The summed E-state index contributed by atoms with van der Waals surface area (Å²) in [6, 6.07) is 1.73. The molecule has 1 N–H and O–H groups in total. The molecule has 0 bridgehead atoms. The minimum Gasteiger partial charge on any atom is -0.312 e. The van der Waals surface area contributed by atoms with Gasteiger partial charge in [0.1, 0.15) is 0 Å². The van der Waals surface area contributed by atoms with Gasteiger partial charge in [0.05, 0.1) is 0 Å². The van der Waals surface area contributed by atoms with Crippen molar-refractivity contribution in [3.63, 3.8) is 0 Å². The average Bonchev–Trinajstić information content (AvgIpc) is 2.97. The van der Waals surface area contributed by atoms with Crippen molar-refractivity contribution in [1.29, 1.82) is 0 Å². The lowest BCUT2D eigenvalue weighted by Crippen LogP contribution is -2.39. The summed E-state index contributed by atoms with van der Waals surface area (Å²) in [6.07, 6.45) is 9.83. The van der Waals surface area contributed by atoms with Crippen LogP contribution in [0.1, 0.15) is 51.9 Å². The zero-order valence-corrected chi connectivity index (χ0v) is 10.2. The van der Waals surface area contributed by atoms with E-state index in [2.05, 4.69) is 17.1 Å². The molecule has 1 aliphatic heterocycles. The number of likely N-dealkylation sites (tertiary alicyclic amines) is 1. The van der Waals surface area contributed by atoms with Crippen molar-refractivity contribution in [2.45, 2.75) is 64.0 Å². The Balaban J connectivity index is 1.62. The summed E-state index contributed by atoms with van der Waals surface area (Å²) in [5.41, 5.74) is 0. The Hall–Kier alpha value is -0.0800. The van der Waals surface area contributed by atoms with Crippen molar-refractivity contribution >= 4 is 0 Å². The van der Waals surface area contributed by atoms with Gasteiger partial charge in [0.2, 0.25) is 0 Å². The largest absolute Gasteiger partial charge is 0.312 e. The van der Waals surface area contributed by atoms with Gasteiger partial charge in [-0.25, -0.2) is 0 Å². The van der Waals surface area contributed by atoms with Crippen molar-refractivity contribution in [3.8, 4) is 0 Å². The summed E-state index contributed by atoms with van der Waals surface area (Å²) < 4.78 is 0. The highest BCUT2D eigenvalue weighted by Gasteiger charge is 2.27. The zero-order chi connectivity index (χ0) is 10.5. The molecule has 88 valence electrons. The van der Waals surface area contributed by atoms with Crippen LogP contribution in [0.4, 0.5) is 0 Å². The molecule has 2 rings (SSSR count). The molecule has 2 aliphatic rings. The van der Waals surface area contributed by atoms with Gasteiger partial charge in [0, 0.05) is 18.6 Å². The van der Waals surface area contributed by atoms with Gasteiger partial charge in [-0.3, -0.25) is 4.90 Å². The van der Waals surface area contributed by atoms with Crippen LogP contribution in [-0.4, -0.2) is 36.6 Å². The van der Waals surface area contributed by atoms with E-state index in [4.69, 9.17) is 0 Å². The Morgan fingerprint density at radius 2 is 2.07 bits per heavy atom. The summed E-state index contributed by atoms with van der Waals surface area (Å²) in [4.78, 5) is 2.71. The predicted octanol–water partition coefficient (Wildman–Crippen LogP) is 2.39. The first kappa shape index (κ1) is 11.4. The molecule has 1 atom stereocenters. The second kappa shape index (κ2) is 5.86. The molecule has 1 saturated heterocycles. The fourth-order valence-corrected chi connectivity index (χ4v) is 2.58. The standard InChI is InChI=1S/C13H26N2/c1-2-3-4-9-15-10-5-6-13(15)11-14-12-7-8-12/h12-14H,2-11H2,1H3. The number of nitrogens with zero attached hydrogens (tertiary/aromatic N) is 1. The summed E-state index contributed by atoms with van der Waals surface area (Å²) in [5, 5.41) is 3.68. The zero-order valence-electron chi connectivity index (χ0n) is 10.2. The Morgan fingerprint density at radius 3 is 2.80 bits per heavy atom. The van der Waals surface area contributed by atoms with Crippen LogP contribution in [0.5, 0.6) is 0 Å². The molecule has 15 heavy (non-hydrogen) atoms. The van der Waals surface area contributed by atoms with Crippen molar-refractivity contribution in [1.82, 2.24) is 10.2 Å². The third-order valence-electron chi connectivity index (χ3n) is 3.77. The summed E-state index contributed by atoms with van der Waals surface area (Å²) in [6.45, 7) is 6.22. The van der Waals surface area contributed by atoms with Gasteiger partial charge in [0.25, 0.3) is 0 Å². The molecule has 1 unspecified atom stereocenters. The quantitative estimate of drug-likeness (QED) is 0.649. The normalized spacial score (nSPS) is 27.4. The van der Waals surface area contributed by atoms with Gasteiger partial charge in [0.15, 0.2) is 0 Å². The molecule has 0 radical (unpaired) electrons. The predicted molar refractivity (Wildman–Crippen MR) is 65.1 cm³/mol. The van der Waals surface area contributed by atoms with Gasteiger partial charge in [-0.05, 0) is 45.2 Å².